The lowest BCUT2D eigenvalue weighted by Crippen LogP contribution is -2.47. The van der Waals surface area contributed by atoms with E-state index >= 15 is 0 Å². The summed E-state index contributed by atoms with van der Waals surface area (Å²) in [6, 6.07) is 14.5. The fourth-order valence-corrected chi connectivity index (χ4v) is 5.70. The predicted octanol–water partition coefficient (Wildman–Crippen LogP) is 5.69. The zero-order chi connectivity index (χ0) is 25.8. The highest BCUT2D eigenvalue weighted by Gasteiger charge is 2.34. The number of fused-ring (bicyclic) bond motifs is 1. The van der Waals surface area contributed by atoms with Crippen LogP contribution in [0.25, 0.3) is 0 Å². The van der Waals surface area contributed by atoms with Crippen LogP contribution in [0.3, 0.4) is 0 Å². The number of nitrogens with zero attached hydrogens (tertiary/aromatic N) is 3. The van der Waals surface area contributed by atoms with Crippen molar-refractivity contribution in [2.75, 3.05) is 19.6 Å². The molecule has 0 saturated carbocycles. The monoisotopic (exact) mass is 505 g/mol. The summed E-state index contributed by atoms with van der Waals surface area (Å²) in [6.45, 7) is 6.65. The lowest BCUT2D eigenvalue weighted by molar-refractivity contribution is -0.385. The van der Waals surface area contributed by atoms with Gasteiger partial charge in [-0.15, -0.1) is 11.3 Å². The summed E-state index contributed by atoms with van der Waals surface area (Å²) in [5, 5.41) is 13.5. The van der Waals surface area contributed by atoms with Crippen LogP contribution in [-0.4, -0.2) is 46.2 Å². The molecular formula is C28H31N3O4S. The number of aryl methyl sites for hydroxylation is 2. The maximum Gasteiger partial charge on any atom is 0.273 e. The fraction of sp³-hybridized carbons (Fsp3) is 0.357. The van der Waals surface area contributed by atoms with Crippen LogP contribution >= 0.6 is 11.3 Å². The van der Waals surface area contributed by atoms with E-state index in [1.165, 1.54) is 15.8 Å². The molecule has 4 rings (SSSR count). The first-order valence-electron chi connectivity index (χ1n) is 12.3. The van der Waals surface area contributed by atoms with Gasteiger partial charge in [0.15, 0.2) is 0 Å². The third-order valence-corrected chi connectivity index (χ3v) is 7.81. The van der Waals surface area contributed by atoms with Crippen molar-refractivity contribution < 1.29 is 14.5 Å². The van der Waals surface area contributed by atoms with Gasteiger partial charge in [-0.1, -0.05) is 43.7 Å². The molecule has 1 unspecified atom stereocenters. The molecule has 0 saturated heterocycles. The van der Waals surface area contributed by atoms with E-state index in [0.717, 1.165) is 36.0 Å². The third kappa shape index (κ3) is 5.18. The molecule has 0 N–H and O–H groups in total. The van der Waals surface area contributed by atoms with Crippen molar-refractivity contribution >= 4 is 28.8 Å². The van der Waals surface area contributed by atoms with Gasteiger partial charge in [0, 0.05) is 35.2 Å². The molecule has 8 heteroatoms. The number of rotatable bonds is 8. The van der Waals surface area contributed by atoms with Crippen molar-refractivity contribution in [1.29, 1.82) is 0 Å². The number of nitro groups is 1. The molecule has 3 aromatic rings. The van der Waals surface area contributed by atoms with Gasteiger partial charge in [0.25, 0.3) is 11.6 Å². The van der Waals surface area contributed by atoms with Crippen molar-refractivity contribution in [3.05, 3.63) is 96.7 Å². The first-order chi connectivity index (χ1) is 17.3. The Balaban J connectivity index is 1.64. The molecule has 0 spiro atoms. The lowest BCUT2D eigenvalue weighted by Gasteiger charge is -2.38. The molecule has 7 nitrogen and oxygen atoms in total. The Morgan fingerprint density at radius 2 is 1.89 bits per heavy atom. The summed E-state index contributed by atoms with van der Waals surface area (Å²) in [5.74, 6) is -0.480. The minimum atomic E-state index is -0.480. The van der Waals surface area contributed by atoms with E-state index < -0.39 is 4.92 Å². The van der Waals surface area contributed by atoms with Gasteiger partial charge >= 0.3 is 0 Å². The number of benzene rings is 2. The van der Waals surface area contributed by atoms with Gasteiger partial charge in [-0.25, -0.2) is 0 Å². The average Bonchev–Trinajstić information content (AvgIpc) is 3.35. The summed E-state index contributed by atoms with van der Waals surface area (Å²) < 4.78 is 0. The third-order valence-electron chi connectivity index (χ3n) is 6.82. The topological polar surface area (TPSA) is 83.8 Å². The summed E-state index contributed by atoms with van der Waals surface area (Å²) in [5.41, 5.74) is 3.98. The molecular weight excluding hydrogens is 474 g/mol. The number of unbranched alkanes of at least 4 members (excludes halogenated alkanes) is 1. The van der Waals surface area contributed by atoms with Gasteiger partial charge in [0.1, 0.15) is 6.54 Å². The Labute approximate surface area is 215 Å². The van der Waals surface area contributed by atoms with Crippen LogP contribution < -0.4 is 0 Å². The molecule has 36 heavy (non-hydrogen) atoms. The van der Waals surface area contributed by atoms with E-state index in [1.807, 2.05) is 24.0 Å². The van der Waals surface area contributed by atoms with E-state index in [4.69, 9.17) is 0 Å². The number of thiophene rings is 1. The van der Waals surface area contributed by atoms with Gasteiger partial charge in [-0.05, 0) is 60.9 Å². The Kier molecular flexibility index (Phi) is 7.84. The normalized spacial score (nSPS) is 14.9. The largest absolute Gasteiger partial charge is 0.330 e. The molecule has 1 aliphatic rings. The minimum Gasteiger partial charge on any atom is -0.330 e. The van der Waals surface area contributed by atoms with Crippen molar-refractivity contribution in [3.8, 4) is 0 Å². The Hall–Kier alpha value is -3.52. The van der Waals surface area contributed by atoms with Gasteiger partial charge in [0.05, 0.1) is 11.0 Å². The lowest BCUT2D eigenvalue weighted by atomic mass is 9.90. The van der Waals surface area contributed by atoms with Crippen molar-refractivity contribution in [2.45, 2.75) is 46.1 Å². The molecule has 0 radical (unpaired) electrons. The molecule has 2 aromatic carbocycles. The quantitative estimate of drug-likeness (QED) is 0.291. The number of carbonyl (C=O) groups is 2. The number of carbonyl (C=O) groups excluding carboxylic acids is 2. The second-order valence-corrected chi connectivity index (χ2v) is 10.2. The Bertz CT molecular complexity index is 1290. The highest BCUT2D eigenvalue weighted by molar-refractivity contribution is 7.10. The molecule has 188 valence electrons. The second-order valence-electron chi connectivity index (χ2n) is 9.23. The minimum absolute atomic E-state index is 0.0671. The van der Waals surface area contributed by atoms with Gasteiger partial charge < -0.3 is 9.80 Å². The van der Waals surface area contributed by atoms with Crippen molar-refractivity contribution in [1.82, 2.24) is 9.80 Å². The zero-order valence-electron chi connectivity index (χ0n) is 20.9. The van der Waals surface area contributed by atoms with Crippen LogP contribution in [0.5, 0.6) is 0 Å². The molecule has 0 fully saturated rings. The number of hydrogen-bond donors (Lipinski definition) is 0. The SMILES string of the molecule is CCCCN(CC(=O)N1CCc2sccc2C1c1ccccc1C)C(=O)c1ccc(C)c([N+](=O)[O-])c1. The van der Waals surface area contributed by atoms with Crippen LogP contribution in [0.1, 0.15) is 63.3 Å². The average molecular weight is 506 g/mol. The van der Waals surface area contributed by atoms with Crippen molar-refractivity contribution in [2.24, 2.45) is 0 Å². The Morgan fingerprint density at radius 3 is 2.61 bits per heavy atom. The van der Waals surface area contributed by atoms with E-state index in [2.05, 4.69) is 30.5 Å². The summed E-state index contributed by atoms with van der Waals surface area (Å²) in [6.07, 6.45) is 2.39. The van der Waals surface area contributed by atoms with E-state index in [1.54, 1.807) is 30.4 Å². The Morgan fingerprint density at radius 1 is 1.11 bits per heavy atom. The van der Waals surface area contributed by atoms with Crippen LogP contribution in [-0.2, 0) is 11.2 Å². The van der Waals surface area contributed by atoms with Crippen LogP contribution in [0.2, 0.25) is 0 Å². The van der Waals surface area contributed by atoms with Crippen LogP contribution in [0.4, 0.5) is 5.69 Å². The smallest absolute Gasteiger partial charge is 0.273 e. The van der Waals surface area contributed by atoms with E-state index in [9.17, 15) is 19.7 Å². The molecule has 0 bridgehead atoms. The van der Waals surface area contributed by atoms with Gasteiger partial charge in [-0.2, -0.15) is 0 Å². The zero-order valence-corrected chi connectivity index (χ0v) is 21.7. The summed E-state index contributed by atoms with van der Waals surface area (Å²) in [7, 11) is 0. The van der Waals surface area contributed by atoms with Gasteiger partial charge in [0.2, 0.25) is 5.91 Å². The van der Waals surface area contributed by atoms with E-state index in [0.29, 0.717) is 18.7 Å². The highest BCUT2D eigenvalue weighted by atomic mass is 32.1. The summed E-state index contributed by atoms with van der Waals surface area (Å²) >= 11 is 1.72. The summed E-state index contributed by atoms with van der Waals surface area (Å²) in [4.78, 5) is 42.9. The van der Waals surface area contributed by atoms with Crippen LogP contribution in [0, 0.1) is 24.0 Å². The molecule has 2 amide bonds. The fourth-order valence-electron chi connectivity index (χ4n) is 4.79. The standard InChI is InChI=1S/C28H31N3O4S/c1-4-5-14-29(28(33)21-11-10-20(3)24(17-21)31(34)35)18-26(32)30-15-12-25-23(13-16-36-25)27(30)22-9-7-6-8-19(22)2/h6-11,13,16-17,27H,4-5,12,14-15,18H2,1-3H3. The molecule has 0 aliphatic carbocycles. The molecule has 1 aromatic heterocycles. The maximum absolute atomic E-state index is 13.8. The van der Waals surface area contributed by atoms with Crippen LogP contribution in [0.15, 0.2) is 53.9 Å². The number of hydrogen-bond acceptors (Lipinski definition) is 5. The van der Waals surface area contributed by atoms with E-state index in [-0.39, 0.29) is 35.7 Å². The number of nitro benzene ring substituents is 1. The van der Waals surface area contributed by atoms with Crippen molar-refractivity contribution in [3.63, 3.8) is 0 Å². The second kappa shape index (κ2) is 11.0. The first-order valence-corrected chi connectivity index (χ1v) is 13.1. The highest BCUT2D eigenvalue weighted by Crippen LogP contribution is 2.39. The first kappa shape index (κ1) is 25.6. The van der Waals surface area contributed by atoms with Gasteiger partial charge in [-0.3, -0.25) is 19.7 Å². The number of amides is 2. The predicted molar refractivity (Wildman–Crippen MR) is 141 cm³/mol. The molecule has 2 heterocycles. The molecule has 1 aliphatic heterocycles. The molecule has 1 atom stereocenters. The maximum atomic E-state index is 13.8.